The first kappa shape index (κ1) is 14.4. The lowest BCUT2D eigenvalue weighted by molar-refractivity contribution is 0.101. The highest BCUT2D eigenvalue weighted by molar-refractivity contribution is 6.72. The van der Waals surface area contributed by atoms with Crippen LogP contribution in [0, 0.1) is 0 Å². The van der Waals surface area contributed by atoms with Crippen molar-refractivity contribution in [3.05, 3.63) is 23.8 Å². The summed E-state index contributed by atoms with van der Waals surface area (Å²) in [6.07, 6.45) is 0. The van der Waals surface area contributed by atoms with Gasteiger partial charge in [0.05, 0.1) is 11.4 Å². The summed E-state index contributed by atoms with van der Waals surface area (Å²) in [7, 11) is -2.38. The lowest BCUT2D eigenvalue weighted by atomic mass is 10.1. The van der Waals surface area contributed by atoms with Crippen LogP contribution in [0.25, 0.3) is 0 Å². The summed E-state index contributed by atoms with van der Waals surface area (Å²) in [4.78, 5) is 11.9. The van der Waals surface area contributed by atoms with E-state index in [9.17, 15) is 4.79 Å². The van der Waals surface area contributed by atoms with Crippen LogP contribution in [0.3, 0.4) is 0 Å². The van der Waals surface area contributed by atoms with Gasteiger partial charge in [0.25, 0.3) is 0 Å². The molecular formula is C14H19ClO3Si. The third-order valence-corrected chi connectivity index (χ3v) is 8.07. The van der Waals surface area contributed by atoms with Crippen LogP contribution in [0.5, 0.6) is 11.5 Å². The number of benzene rings is 1. The number of hydrogen-bond donors (Lipinski definition) is 0. The Balaban J connectivity index is 2.47. The van der Waals surface area contributed by atoms with Gasteiger partial charge in [-0.15, -0.1) is 11.6 Å². The molecule has 104 valence electrons. The highest BCUT2D eigenvalue weighted by Gasteiger charge is 2.54. The van der Waals surface area contributed by atoms with Crippen molar-refractivity contribution >= 4 is 25.9 Å². The van der Waals surface area contributed by atoms with Crippen molar-refractivity contribution in [2.45, 2.75) is 38.8 Å². The van der Waals surface area contributed by atoms with Crippen molar-refractivity contribution in [1.29, 1.82) is 0 Å². The van der Waals surface area contributed by atoms with Crippen LogP contribution in [0.4, 0.5) is 0 Å². The van der Waals surface area contributed by atoms with E-state index in [1.54, 1.807) is 6.07 Å². The fourth-order valence-electron chi connectivity index (χ4n) is 2.48. The molecule has 0 radical (unpaired) electrons. The van der Waals surface area contributed by atoms with Crippen molar-refractivity contribution in [3.63, 3.8) is 0 Å². The zero-order valence-corrected chi connectivity index (χ0v) is 13.5. The van der Waals surface area contributed by atoms with Gasteiger partial charge in [0.15, 0.2) is 11.5 Å². The van der Waals surface area contributed by atoms with Gasteiger partial charge in [-0.05, 0) is 12.1 Å². The molecule has 3 nitrogen and oxygen atoms in total. The van der Waals surface area contributed by atoms with Crippen LogP contribution in [0.2, 0.25) is 11.1 Å². The fraction of sp³-hybridized carbons (Fsp3) is 0.500. The predicted molar refractivity (Wildman–Crippen MR) is 78.7 cm³/mol. The second kappa shape index (κ2) is 5.17. The van der Waals surface area contributed by atoms with E-state index < -0.39 is 8.56 Å². The number of halogens is 1. The van der Waals surface area contributed by atoms with E-state index in [1.807, 2.05) is 12.1 Å². The molecule has 0 unspecified atom stereocenters. The largest absolute Gasteiger partial charge is 0.508 e. The average Bonchev–Trinajstić information content (AvgIpc) is 2.78. The first-order valence-electron chi connectivity index (χ1n) is 6.52. The van der Waals surface area contributed by atoms with Gasteiger partial charge in [-0.2, -0.15) is 0 Å². The molecule has 0 fully saturated rings. The molecule has 1 aliphatic heterocycles. The topological polar surface area (TPSA) is 35.5 Å². The van der Waals surface area contributed by atoms with Gasteiger partial charge < -0.3 is 8.85 Å². The number of fused-ring (bicyclic) bond motifs is 1. The predicted octanol–water partition coefficient (Wildman–Crippen LogP) is 4.14. The summed E-state index contributed by atoms with van der Waals surface area (Å²) < 4.78 is 12.4. The summed E-state index contributed by atoms with van der Waals surface area (Å²) in [5.74, 6) is 1.10. The van der Waals surface area contributed by atoms with Crippen LogP contribution in [-0.4, -0.2) is 20.2 Å². The van der Waals surface area contributed by atoms with Crippen LogP contribution < -0.4 is 8.85 Å². The highest BCUT2D eigenvalue weighted by Crippen LogP contribution is 2.47. The Morgan fingerprint density at radius 2 is 1.84 bits per heavy atom. The molecule has 1 heterocycles. The third kappa shape index (κ3) is 2.27. The Bertz CT molecular complexity index is 491. The molecule has 0 spiro atoms. The number of ketones is 1. The molecule has 0 N–H and O–H groups in total. The van der Waals surface area contributed by atoms with Gasteiger partial charge in [0.1, 0.15) is 5.75 Å². The maximum atomic E-state index is 11.9. The van der Waals surface area contributed by atoms with E-state index >= 15 is 0 Å². The molecule has 0 amide bonds. The minimum Gasteiger partial charge on any atom is -0.508 e. The second-order valence-electron chi connectivity index (χ2n) is 5.42. The zero-order chi connectivity index (χ0) is 14.2. The highest BCUT2D eigenvalue weighted by atomic mass is 35.5. The van der Waals surface area contributed by atoms with Gasteiger partial charge >= 0.3 is 8.56 Å². The Labute approximate surface area is 120 Å². The Morgan fingerprint density at radius 3 is 2.37 bits per heavy atom. The molecule has 0 aromatic heterocycles. The summed E-state index contributed by atoms with van der Waals surface area (Å²) >= 11 is 5.65. The third-order valence-electron chi connectivity index (χ3n) is 3.54. The lowest BCUT2D eigenvalue weighted by Crippen LogP contribution is -2.50. The molecule has 0 saturated heterocycles. The van der Waals surface area contributed by atoms with Gasteiger partial charge in [-0.25, -0.2) is 0 Å². The number of para-hydroxylation sites is 1. The van der Waals surface area contributed by atoms with Gasteiger partial charge in [-0.1, -0.05) is 33.8 Å². The van der Waals surface area contributed by atoms with E-state index in [0.717, 1.165) is 0 Å². The zero-order valence-electron chi connectivity index (χ0n) is 11.7. The van der Waals surface area contributed by atoms with E-state index in [0.29, 0.717) is 28.1 Å². The number of rotatable bonds is 4. The lowest BCUT2D eigenvalue weighted by Gasteiger charge is -2.30. The van der Waals surface area contributed by atoms with E-state index in [-0.39, 0.29) is 11.7 Å². The van der Waals surface area contributed by atoms with Crippen molar-refractivity contribution in [2.75, 3.05) is 5.88 Å². The van der Waals surface area contributed by atoms with E-state index in [1.165, 1.54) is 0 Å². The minimum atomic E-state index is -2.38. The molecule has 1 aromatic carbocycles. The fourth-order valence-corrected chi connectivity index (χ4v) is 5.98. The van der Waals surface area contributed by atoms with E-state index in [2.05, 4.69) is 27.7 Å². The Kier molecular flexibility index (Phi) is 3.92. The van der Waals surface area contributed by atoms with Crippen molar-refractivity contribution in [2.24, 2.45) is 0 Å². The minimum absolute atomic E-state index is 0.0439. The Hall–Kier alpha value is -1.00. The summed E-state index contributed by atoms with van der Waals surface area (Å²) in [6.45, 7) is 8.45. The van der Waals surface area contributed by atoms with Gasteiger partial charge in [0, 0.05) is 11.1 Å². The normalized spacial score (nSPS) is 16.2. The van der Waals surface area contributed by atoms with Crippen LogP contribution in [0.1, 0.15) is 38.1 Å². The standard InChI is InChI=1S/C14H19ClO3Si/c1-9(2)19(10(3)4)17-13-7-5-6-11(12(16)8-15)14(13)18-19/h5-7,9-10H,8H2,1-4H3. The second-order valence-corrected chi connectivity index (χ2v) is 9.85. The molecular weight excluding hydrogens is 280 g/mol. The van der Waals surface area contributed by atoms with E-state index in [4.69, 9.17) is 20.5 Å². The number of hydrogen-bond acceptors (Lipinski definition) is 3. The van der Waals surface area contributed by atoms with Crippen LogP contribution >= 0.6 is 11.6 Å². The maximum absolute atomic E-state index is 11.9. The number of Topliss-reactive ketones (excluding diaryl/α,β-unsaturated/α-hetero) is 1. The summed E-state index contributed by atoms with van der Waals surface area (Å²) in [5.41, 5.74) is 1.14. The molecule has 2 rings (SSSR count). The van der Waals surface area contributed by atoms with Crippen LogP contribution in [0.15, 0.2) is 18.2 Å². The quantitative estimate of drug-likeness (QED) is 0.476. The average molecular weight is 299 g/mol. The van der Waals surface area contributed by atoms with Crippen molar-refractivity contribution in [1.82, 2.24) is 0 Å². The van der Waals surface area contributed by atoms with Gasteiger partial charge in [0.2, 0.25) is 0 Å². The smallest absolute Gasteiger partial charge is 0.466 e. The maximum Gasteiger partial charge on any atom is 0.466 e. The SMILES string of the molecule is CC(C)[Si]1(C(C)C)Oc2cccc(C(=O)CCl)c2O1. The molecule has 0 saturated carbocycles. The van der Waals surface area contributed by atoms with Gasteiger partial charge in [-0.3, -0.25) is 4.79 Å². The molecule has 1 aromatic rings. The first-order valence-corrected chi connectivity index (χ1v) is 9.03. The molecule has 0 atom stereocenters. The number of alkyl halides is 1. The molecule has 19 heavy (non-hydrogen) atoms. The molecule has 0 aliphatic carbocycles. The molecule has 5 heteroatoms. The van der Waals surface area contributed by atoms with Crippen LogP contribution in [-0.2, 0) is 0 Å². The summed E-state index contributed by atoms with van der Waals surface area (Å²) in [6, 6.07) is 5.42. The number of carbonyl (C=O) groups is 1. The number of carbonyl (C=O) groups excluding carboxylic acids is 1. The molecule has 0 bridgehead atoms. The Morgan fingerprint density at radius 1 is 1.21 bits per heavy atom. The summed E-state index contributed by atoms with van der Waals surface area (Å²) in [5, 5.41) is 0. The van der Waals surface area contributed by atoms with Crippen molar-refractivity contribution in [3.8, 4) is 11.5 Å². The molecule has 1 aliphatic rings. The van der Waals surface area contributed by atoms with Crippen molar-refractivity contribution < 1.29 is 13.6 Å². The first-order chi connectivity index (χ1) is 8.92. The monoisotopic (exact) mass is 298 g/mol.